The van der Waals surface area contributed by atoms with E-state index in [-0.39, 0.29) is 11.3 Å². The average Bonchev–Trinajstić information content (AvgIpc) is 2.85. The molecule has 1 aromatic carbocycles. The number of nitrogens with zero attached hydrogens (tertiary/aromatic N) is 2. The van der Waals surface area contributed by atoms with Crippen LogP contribution in [0, 0.1) is 23.0 Å². The first-order valence-electron chi connectivity index (χ1n) is 5.23. The smallest absolute Gasteiger partial charge is 0.183 e. The number of hydrogen-bond acceptors (Lipinski definition) is 3. The third kappa shape index (κ3) is 2.34. The molecule has 0 aliphatic rings. The number of hydrogen-bond donors (Lipinski definition) is 0. The molecule has 0 amide bonds. The van der Waals surface area contributed by atoms with E-state index in [1.54, 1.807) is 29.4 Å². The Balaban J connectivity index is 2.29. The molecular formula is C13H10F2N2S. The van der Waals surface area contributed by atoms with Crippen molar-refractivity contribution in [3.05, 3.63) is 51.7 Å². The lowest BCUT2D eigenvalue weighted by atomic mass is 10.2. The second kappa shape index (κ2) is 5.15. The predicted molar refractivity (Wildman–Crippen MR) is 67.5 cm³/mol. The van der Waals surface area contributed by atoms with Crippen molar-refractivity contribution in [3.63, 3.8) is 0 Å². The zero-order valence-electron chi connectivity index (χ0n) is 9.65. The van der Waals surface area contributed by atoms with Crippen molar-refractivity contribution in [1.29, 1.82) is 5.26 Å². The van der Waals surface area contributed by atoms with Gasteiger partial charge in [-0.05, 0) is 34.5 Å². The maximum absolute atomic E-state index is 13.8. The van der Waals surface area contributed by atoms with Gasteiger partial charge in [-0.2, -0.15) is 16.6 Å². The summed E-state index contributed by atoms with van der Waals surface area (Å²) in [6.07, 6.45) is 0. The fourth-order valence-electron chi connectivity index (χ4n) is 1.66. The van der Waals surface area contributed by atoms with E-state index in [1.165, 1.54) is 12.1 Å². The van der Waals surface area contributed by atoms with E-state index in [0.29, 0.717) is 6.54 Å². The van der Waals surface area contributed by atoms with E-state index < -0.39 is 11.6 Å². The first kappa shape index (κ1) is 12.5. The molecule has 0 unspecified atom stereocenters. The Labute approximate surface area is 108 Å². The van der Waals surface area contributed by atoms with Gasteiger partial charge in [0, 0.05) is 13.6 Å². The van der Waals surface area contributed by atoms with E-state index >= 15 is 0 Å². The van der Waals surface area contributed by atoms with Gasteiger partial charge in [0.05, 0.1) is 11.3 Å². The van der Waals surface area contributed by atoms with Gasteiger partial charge in [-0.25, -0.2) is 8.78 Å². The van der Waals surface area contributed by atoms with Crippen LogP contribution in [0.15, 0.2) is 29.0 Å². The summed E-state index contributed by atoms with van der Waals surface area (Å²) in [5.74, 6) is -2.07. The summed E-state index contributed by atoms with van der Waals surface area (Å²) in [7, 11) is 1.68. The highest BCUT2D eigenvalue weighted by Gasteiger charge is 2.16. The summed E-state index contributed by atoms with van der Waals surface area (Å²) < 4.78 is 27.2. The first-order chi connectivity index (χ1) is 8.63. The van der Waals surface area contributed by atoms with Crippen LogP contribution in [-0.4, -0.2) is 7.05 Å². The molecule has 2 aromatic rings. The number of benzene rings is 1. The van der Waals surface area contributed by atoms with Gasteiger partial charge in [-0.1, -0.05) is 0 Å². The number of anilines is 1. The summed E-state index contributed by atoms with van der Waals surface area (Å²) in [4.78, 5) is 1.61. The maximum Gasteiger partial charge on any atom is 0.183 e. The number of thiophene rings is 1. The summed E-state index contributed by atoms with van der Waals surface area (Å²) >= 11 is 1.55. The fourth-order valence-corrected chi connectivity index (χ4v) is 2.32. The molecule has 0 saturated heterocycles. The fraction of sp³-hybridized carbons (Fsp3) is 0.154. The largest absolute Gasteiger partial charge is 0.368 e. The van der Waals surface area contributed by atoms with Crippen LogP contribution in [0.3, 0.4) is 0 Å². The molecule has 0 radical (unpaired) electrons. The molecule has 92 valence electrons. The monoisotopic (exact) mass is 264 g/mol. The van der Waals surface area contributed by atoms with Crippen LogP contribution in [-0.2, 0) is 6.54 Å². The Morgan fingerprint density at radius 1 is 1.28 bits per heavy atom. The van der Waals surface area contributed by atoms with Gasteiger partial charge in [0.1, 0.15) is 6.07 Å². The van der Waals surface area contributed by atoms with Crippen LogP contribution in [0.2, 0.25) is 0 Å². The predicted octanol–water partition coefficient (Wildman–Crippen LogP) is 3.53. The second-order valence-electron chi connectivity index (χ2n) is 3.86. The van der Waals surface area contributed by atoms with Crippen molar-refractivity contribution < 1.29 is 8.78 Å². The zero-order valence-corrected chi connectivity index (χ0v) is 10.5. The SMILES string of the molecule is CN(Cc1ccsc1)c1ccc(C#N)c(F)c1F. The molecule has 0 aliphatic carbocycles. The lowest BCUT2D eigenvalue weighted by Crippen LogP contribution is -2.18. The minimum atomic E-state index is -1.09. The third-order valence-corrected chi connectivity index (χ3v) is 3.33. The number of nitriles is 1. The summed E-state index contributed by atoms with van der Waals surface area (Å²) in [6, 6.07) is 6.26. The van der Waals surface area contributed by atoms with Gasteiger partial charge >= 0.3 is 0 Å². The van der Waals surface area contributed by atoms with Crippen molar-refractivity contribution >= 4 is 17.0 Å². The molecule has 5 heteroatoms. The van der Waals surface area contributed by atoms with Crippen molar-refractivity contribution in [2.75, 3.05) is 11.9 Å². The van der Waals surface area contributed by atoms with Gasteiger partial charge in [-0.3, -0.25) is 0 Å². The topological polar surface area (TPSA) is 27.0 Å². The highest BCUT2D eigenvalue weighted by atomic mass is 32.1. The highest BCUT2D eigenvalue weighted by molar-refractivity contribution is 7.07. The Kier molecular flexibility index (Phi) is 3.58. The molecule has 2 rings (SSSR count). The molecule has 1 aromatic heterocycles. The van der Waals surface area contributed by atoms with E-state index in [1.807, 2.05) is 16.8 Å². The quantitative estimate of drug-likeness (QED) is 0.848. The van der Waals surface area contributed by atoms with E-state index in [0.717, 1.165) is 5.56 Å². The Hall–Kier alpha value is -1.93. The van der Waals surface area contributed by atoms with Crippen LogP contribution in [0.4, 0.5) is 14.5 Å². The van der Waals surface area contributed by atoms with Crippen LogP contribution in [0.25, 0.3) is 0 Å². The Morgan fingerprint density at radius 3 is 2.67 bits per heavy atom. The molecule has 0 bridgehead atoms. The number of halogens is 2. The normalized spacial score (nSPS) is 10.1. The Morgan fingerprint density at radius 2 is 2.06 bits per heavy atom. The van der Waals surface area contributed by atoms with Gasteiger partial charge in [0.2, 0.25) is 0 Å². The molecule has 0 fully saturated rings. The number of rotatable bonds is 3. The first-order valence-corrected chi connectivity index (χ1v) is 6.18. The van der Waals surface area contributed by atoms with Crippen LogP contribution < -0.4 is 4.90 Å². The Bertz CT molecular complexity index is 588. The van der Waals surface area contributed by atoms with Crippen molar-refractivity contribution in [2.24, 2.45) is 0 Å². The molecule has 0 spiro atoms. The molecule has 0 aliphatic heterocycles. The summed E-state index contributed by atoms with van der Waals surface area (Å²) in [5.41, 5.74) is 0.907. The highest BCUT2D eigenvalue weighted by Crippen LogP contribution is 2.24. The molecule has 1 heterocycles. The van der Waals surface area contributed by atoms with Crippen LogP contribution >= 0.6 is 11.3 Å². The zero-order chi connectivity index (χ0) is 13.1. The van der Waals surface area contributed by atoms with Crippen LogP contribution in [0.1, 0.15) is 11.1 Å². The van der Waals surface area contributed by atoms with Gasteiger partial charge in [-0.15, -0.1) is 0 Å². The standard InChI is InChI=1S/C13H10F2N2S/c1-17(7-9-4-5-18-8-9)11-3-2-10(6-16)12(14)13(11)15/h2-5,8H,7H2,1H3. The van der Waals surface area contributed by atoms with Gasteiger partial charge in [0.25, 0.3) is 0 Å². The molecule has 0 N–H and O–H groups in total. The molecule has 0 atom stereocenters. The molecule has 18 heavy (non-hydrogen) atoms. The average molecular weight is 264 g/mol. The summed E-state index contributed by atoms with van der Waals surface area (Å²) in [6.45, 7) is 0.492. The second-order valence-corrected chi connectivity index (χ2v) is 4.64. The van der Waals surface area contributed by atoms with E-state index in [9.17, 15) is 8.78 Å². The maximum atomic E-state index is 13.8. The summed E-state index contributed by atoms with van der Waals surface area (Å²) in [5, 5.41) is 12.5. The van der Waals surface area contributed by atoms with Crippen molar-refractivity contribution in [1.82, 2.24) is 0 Å². The van der Waals surface area contributed by atoms with Gasteiger partial charge in [0.15, 0.2) is 11.6 Å². The van der Waals surface area contributed by atoms with Crippen molar-refractivity contribution in [2.45, 2.75) is 6.54 Å². The lowest BCUT2D eigenvalue weighted by Gasteiger charge is -2.19. The van der Waals surface area contributed by atoms with E-state index in [2.05, 4.69) is 0 Å². The van der Waals surface area contributed by atoms with Gasteiger partial charge < -0.3 is 4.90 Å². The minimum Gasteiger partial charge on any atom is -0.368 e. The van der Waals surface area contributed by atoms with Crippen LogP contribution in [0.5, 0.6) is 0 Å². The molecule has 0 saturated carbocycles. The van der Waals surface area contributed by atoms with E-state index in [4.69, 9.17) is 5.26 Å². The molecule has 2 nitrogen and oxygen atoms in total. The minimum absolute atomic E-state index is 0.151. The third-order valence-electron chi connectivity index (χ3n) is 2.59. The van der Waals surface area contributed by atoms with Crippen molar-refractivity contribution in [3.8, 4) is 6.07 Å². The lowest BCUT2D eigenvalue weighted by molar-refractivity contribution is 0.505. The molecular weight excluding hydrogens is 254 g/mol.